The summed E-state index contributed by atoms with van der Waals surface area (Å²) in [6.45, 7) is 4.21. The Labute approximate surface area is 110 Å². The van der Waals surface area contributed by atoms with Gasteiger partial charge >= 0.3 is 0 Å². The van der Waals surface area contributed by atoms with Crippen LogP contribution in [0.3, 0.4) is 0 Å². The standard InChI is InChI=1S/C14H26N2O2/c1-11-4-6-14(10-15,7-5-11)13(17)16-12-3-2-8-18-9-12/h11-12H,2-10,15H2,1H3,(H,16,17). The fraction of sp³-hybridized carbons (Fsp3) is 0.929. The zero-order chi connectivity index (χ0) is 13.0. The van der Waals surface area contributed by atoms with E-state index in [0.29, 0.717) is 13.2 Å². The van der Waals surface area contributed by atoms with Crippen molar-refractivity contribution in [1.82, 2.24) is 5.32 Å². The number of carbonyl (C=O) groups is 1. The van der Waals surface area contributed by atoms with Crippen LogP contribution >= 0.6 is 0 Å². The molecule has 18 heavy (non-hydrogen) atoms. The van der Waals surface area contributed by atoms with E-state index in [4.69, 9.17) is 10.5 Å². The van der Waals surface area contributed by atoms with Crippen LogP contribution in [0.4, 0.5) is 0 Å². The van der Waals surface area contributed by atoms with E-state index >= 15 is 0 Å². The Hall–Kier alpha value is -0.610. The molecular formula is C14H26N2O2. The molecule has 104 valence electrons. The monoisotopic (exact) mass is 254 g/mol. The van der Waals surface area contributed by atoms with E-state index in [-0.39, 0.29) is 17.4 Å². The lowest BCUT2D eigenvalue weighted by atomic mass is 9.70. The van der Waals surface area contributed by atoms with Crippen LogP contribution < -0.4 is 11.1 Å². The molecule has 1 amide bonds. The molecule has 0 aromatic heterocycles. The van der Waals surface area contributed by atoms with Gasteiger partial charge in [-0.05, 0) is 44.4 Å². The fourth-order valence-electron chi connectivity index (χ4n) is 3.03. The van der Waals surface area contributed by atoms with Gasteiger partial charge in [0.05, 0.1) is 18.1 Å². The molecule has 2 fully saturated rings. The van der Waals surface area contributed by atoms with Crippen molar-refractivity contribution in [3.63, 3.8) is 0 Å². The minimum atomic E-state index is -0.316. The molecule has 0 radical (unpaired) electrons. The second kappa shape index (κ2) is 6.02. The topological polar surface area (TPSA) is 64.4 Å². The van der Waals surface area contributed by atoms with E-state index in [1.165, 1.54) is 0 Å². The highest BCUT2D eigenvalue weighted by Crippen LogP contribution is 2.38. The lowest BCUT2D eigenvalue weighted by Gasteiger charge is -2.38. The number of hydrogen-bond donors (Lipinski definition) is 2. The highest BCUT2D eigenvalue weighted by molar-refractivity contribution is 5.83. The van der Waals surface area contributed by atoms with Crippen molar-refractivity contribution in [2.75, 3.05) is 19.8 Å². The molecule has 0 spiro atoms. The molecule has 1 saturated heterocycles. The molecule has 1 aliphatic carbocycles. The number of hydrogen-bond acceptors (Lipinski definition) is 3. The van der Waals surface area contributed by atoms with Crippen LogP contribution in [0.5, 0.6) is 0 Å². The minimum Gasteiger partial charge on any atom is -0.379 e. The Kier molecular flexibility index (Phi) is 4.62. The predicted octanol–water partition coefficient (Wildman–Crippen LogP) is 1.44. The van der Waals surface area contributed by atoms with E-state index in [9.17, 15) is 4.79 Å². The molecule has 4 heteroatoms. The summed E-state index contributed by atoms with van der Waals surface area (Å²) in [6, 6.07) is 0.189. The smallest absolute Gasteiger partial charge is 0.227 e. The van der Waals surface area contributed by atoms with Crippen LogP contribution in [0.15, 0.2) is 0 Å². The van der Waals surface area contributed by atoms with Gasteiger partial charge in [-0.15, -0.1) is 0 Å². The van der Waals surface area contributed by atoms with Crippen molar-refractivity contribution in [1.29, 1.82) is 0 Å². The average molecular weight is 254 g/mol. The summed E-state index contributed by atoms with van der Waals surface area (Å²) >= 11 is 0. The first-order chi connectivity index (χ1) is 8.66. The summed E-state index contributed by atoms with van der Waals surface area (Å²) in [5.74, 6) is 0.892. The van der Waals surface area contributed by atoms with Crippen molar-refractivity contribution in [2.24, 2.45) is 17.1 Å². The molecule has 0 aromatic carbocycles. The summed E-state index contributed by atoms with van der Waals surface area (Å²) < 4.78 is 5.41. The molecule has 3 N–H and O–H groups in total. The third-order valence-corrected chi connectivity index (χ3v) is 4.60. The fourth-order valence-corrected chi connectivity index (χ4v) is 3.03. The first kappa shape index (κ1) is 13.8. The average Bonchev–Trinajstić information content (AvgIpc) is 2.41. The van der Waals surface area contributed by atoms with Crippen molar-refractivity contribution in [3.05, 3.63) is 0 Å². The highest BCUT2D eigenvalue weighted by atomic mass is 16.5. The first-order valence-corrected chi connectivity index (χ1v) is 7.25. The second-order valence-corrected chi connectivity index (χ2v) is 6.05. The van der Waals surface area contributed by atoms with Gasteiger partial charge in [0, 0.05) is 13.2 Å². The van der Waals surface area contributed by atoms with Crippen LogP contribution in [0.25, 0.3) is 0 Å². The van der Waals surface area contributed by atoms with Gasteiger partial charge in [-0.3, -0.25) is 4.79 Å². The molecule has 4 nitrogen and oxygen atoms in total. The van der Waals surface area contributed by atoms with Crippen LogP contribution in [-0.4, -0.2) is 31.7 Å². The Morgan fingerprint density at radius 2 is 2.11 bits per heavy atom. The van der Waals surface area contributed by atoms with Crippen molar-refractivity contribution in [2.45, 2.75) is 51.5 Å². The molecule has 1 unspecified atom stereocenters. The summed E-state index contributed by atoms with van der Waals surface area (Å²) in [4.78, 5) is 12.5. The zero-order valence-corrected chi connectivity index (χ0v) is 11.4. The Balaban J connectivity index is 1.92. The predicted molar refractivity (Wildman–Crippen MR) is 71.1 cm³/mol. The van der Waals surface area contributed by atoms with E-state index in [0.717, 1.165) is 51.0 Å². The van der Waals surface area contributed by atoms with Gasteiger partial charge in [-0.25, -0.2) is 0 Å². The lowest BCUT2D eigenvalue weighted by molar-refractivity contribution is -0.134. The van der Waals surface area contributed by atoms with E-state index in [1.54, 1.807) is 0 Å². The van der Waals surface area contributed by atoms with Crippen molar-refractivity contribution < 1.29 is 9.53 Å². The molecule has 2 rings (SSSR count). The van der Waals surface area contributed by atoms with Crippen LogP contribution in [-0.2, 0) is 9.53 Å². The summed E-state index contributed by atoms with van der Waals surface area (Å²) in [5, 5.41) is 3.15. The van der Waals surface area contributed by atoms with Gasteiger partial charge in [0.1, 0.15) is 0 Å². The normalized spacial score (nSPS) is 37.2. The molecule has 0 aromatic rings. The Morgan fingerprint density at radius 3 is 2.67 bits per heavy atom. The molecule has 0 bridgehead atoms. The highest BCUT2D eigenvalue weighted by Gasteiger charge is 2.40. The summed E-state index contributed by atoms with van der Waals surface area (Å²) in [5.41, 5.74) is 5.58. The van der Waals surface area contributed by atoms with Crippen LogP contribution in [0, 0.1) is 11.3 Å². The third-order valence-electron chi connectivity index (χ3n) is 4.60. The van der Waals surface area contributed by atoms with Gasteiger partial charge in [0.25, 0.3) is 0 Å². The minimum absolute atomic E-state index is 0.160. The Bertz CT molecular complexity index is 280. The third kappa shape index (κ3) is 3.04. The maximum Gasteiger partial charge on any atom is 0.227 e. The maximum atomic E-state index is 12.5. The SMILES string of the molecule is CC1CCC(CN)(C(=O)NC2CCCOC2)CC1. The number of rotatable bonds is 3. The summed E-state index contributed by atoms with van der Waals surface area (Å²) in [7, 11) is 0. The first-order valence-electron chi connectivity index (χ1n) is 7.25. The molecule has 1 atom stereocenters. The van der Waals surface area contributed by atoms with Crippen LogP contribution in [0.1, 0.15) is 45.4 Å². The Morgan fingerprint density at radius 1 is 1.39 bits per heavy atom. The number of carbonyl (C=O) groups excluding carboxylic acids is 1. The van der Waals surface area contributed by atoms with Crippen LogP contribution in [0.2, 0.25) is 0 Å². The number of ether oxygens (including phenoxy) is 1. The molecule has 1 aliphatic heterocycles. The molecule has 1 saturated carbocycles. The zero-order valence-electron chi connectivity index (χ0n) is 11.4. The summed E-state index contributed by atoms with van der Waals surface area (Å²) in [6.07, 6.45) is 6.17. The van der Waals surface area contributed by atoms with Crippen molar-refractivity contribution >= 4 is 5.91 Å². The van der Waals surface area contributed by atoms with Gasteiger partial charge in [0.2, 0.25) is 5.91 Å². The van der Waals surface area contributed by atoms with E-state index < -0.39 is 0 Å². The number of nitrogens with one attached hydrogen (secondary N) is 1. The van der Waals surface area contributed by atoms with Gasteiger partial charge < -0.3 is 15.8 Å². The molecular weight excluding hydrogens is 228 g/mol. The van der Waals surface area contributed by atoms with Gasteiger partial charge in [-0.1, -0.05) is 6.92 Å². The van der Waals surface area contributed by atoms with Gasteiger partial charge in [0.15, 0.2) is 0 Å². The lowest BCUT2D eigenvalue weighted by Crippen LogP contribution is -2.52. The maximum absolute atomic E-state index is 12.5. The quantitative estimate of drug-likeness (QED) is 0.801. The molecule has 2 aliphatic rings. The molecule has 1 heterocycles. The number of nitrogens with two attached hydrogens (primary N) is 1. The van der Waals surface area contributed by atoms with Gasteiger partial charge in [-0.2, -0.15) is 0 Å². The van der Waals surface area contributed by atoms with Crippen molar-refractivity contribution in [3.8, 4) is 0 Å². The van der Waals surface area contributed by atoms with E-state index in [1.807, 2.05) is 0 Å². The van der Waals surface area contributed by atoms with E-state index in [2.05, 4.69) is 12.2 Å². The second-order valence-electron chi connectivity index (χ2n) is 6.05. The number of amides is 1. The largest absolute Gasteiger partial charge is 0.379 e.